The quantitative estimate of drug-likeness (QED) is 0.866. The van der Waals surface area contributed by atoms with Crippen molar-refractivity contribution in [1.29, 1.82) is 0 Å². The Morgan fingerprint density at radius 1 is 1.44 bits per heavy atom. The minimum Gasteiger partial charge on any atom is -0.312 e. The lowest BCUT2D eigenvalue weighted by molar-refractivity contribution is 0.364. The molecule has 2 aliphatic carbocycles. The normalized spacial score (nSPS) is 33.8. The summed E-state index contributed by atoms with van der Waals surface area (Å²) in [6.07, 6.45) is 4.30. The summed E-state index contributed by atoms with van der Waals surface area (Å²) < 4.78 is 1.91. The summed E-state index contributed by atoms with van der Waals surface area (Å²) in [5, 5.41) is 3.47. The number of halogens is 2. The SMILES string of the molecule is CNC(c1cc(Br)c(Cl)s1)C1CC2CC2C1. The second-order valence-corrected chi connectivity index (χ2v) is 7.56. The van der Waals surface area contributed by atoms with Gasteiger partial charge in [0.15, 0.2) is 0 Å². The predicted octanol–water partition coefficient (Wildman–Crippen LogP) is 4.47. The van der Waals surface area contributed by atoms with Crippen LogP contribution in [0.3, 0.4) is 0 Å². The predicted molar refractivity (Wildman–Crippen MR) is 73.2 cm³/mol. The van der Waals surface area contributed by atoms with E-state index in [1.54, 1.807) is 11.3 Å². The molecule has 0 aliphatic heterocycles. The van der Waals surface area contributed by atoms with E-state index in [0.29, 0.717) is 6.04 Å². The number of nitrogens with one attached hydrogen (secondary N) is 1. The van der Waals surface area contributed by atoms with Gasteiger partial charge in [0.2, 0.25) is 0 Å². The molecule has 0 bridgehead atoms. The summed E-state index contributed by atoms with van der Waals surface area (Å²) in [5.74, 6) is 2.90. The summed E-state index contributed by atoms with van der Waals surface area (Å²) >= 11 is 11.3. The minimum atomic E-state index is 0.501. The van der Waals surface area contributed by atoms with Crippen molar-refractivity contribution in [2.75, 3.05) is 7.05 Å². The van der Waals surface area contributed by atoms with E-state index in [-0.39, 0.29) is 0 Å². The van der Waals surface area contributed by atoms with Crippen LogP contribution in [-0.4, -0.2) is 7.05 Å². The lowest BCUT2D eigenvalue weighted by Crippen LogP contribution is -2.23. The van der Waals surface area contributed by atoms with E-state index in [2.05, 4.69) is 34.4 Å². The molecule has 1 heterocycles. The van der Waals surface area contributed by atoms with E-state index in [4.69, 9.17) is 11.6 Å². The average Bonchev–Trinajstić information content (AvgIpc) is 2.72. The van der Waals surface area contributed by atoms with Gasteiger partial charge in [-0.25, -0.2) is 0 Å². The number of rotatable bonds is 3. The highest BCUT2D eigenvalue weighted by molar-refractivity contribution is 9.10. The highest BCUT2D eigenvalue weighted by Gasteiger charge is 2.48. The Labute approximate surface area is 114 Å². The van der Waals surface area contributed by atoms with Crippen LogP contribution in [0, 0.1) is 17.8 Å². The van der Waals surface area contributed by atoms with Crippen molar-refractivity contribution < 1.29 is 0 Å². The lowest BCUT2D eigenvalue weighted by Gasteiger charge is -2.23. The van der Waals surface area contributed by atoms with E-state index in [1.165, 1.54) is 24.1 Å². The van der Waals surface area contributed by atoms with Crippen LogP contribution in [0.1, 0.15) is 30.2 Å². The molecule has 3 atom stereocenters. The van der Waals surface area contributed by atoms with Gasteiger partial charge in [0.05, 0.1) is 0 Å². The third kappa shape index (κ3) is 1.96. The Hall–Kier alpha value is 0.430. The number of hydrogen-bond donors (Lipinski definition) is 1. The molecule has 16 heavy (non-hydrogen) atoms. The van der Waals surface area contributed by atoms with Gasteiger partial charge in [0.1, 0.15) is 4.34 Å². The molecule has 3 rings (SSSR count). The van der Waals surface area contributed by atoms with Crippen LogP contribution in [0.25, 0.3) is 0 Å². The summed E-state index contributed by atoms with van der Waals surface area (Å²) in [6.45, 7) is 0. The zero-order valence-corrected chi connectivity index (χ0v) is 12.3. The first-order valence-electron chi connectivity index (χ1n) is 5.81. The van der Waals surface area contributed by atoms with Crippen LogP contribution < -0.4 is 5.32 Å². The minimum absolute atomic E-state index is 0.501. The maximum absolute atomic E-state index is 6.12. The van der Waals surface area contributed by atoms with E-state index in [1.807, 2.05) is 0 Å². The number of hydrogen-bond acceptors (Lipinski definition) is 2. The molecule has 0 aromatic carbocycles. The van der Waals surface area contributed by atoms with Gasteiger partial charge in [-0.15, -0.1) is 11.3 Å². The monoisotopic (exact) mass is 319 g/mol. The van der Waals surface area contributed by atoms with Gasteiger partial charge in [-0.05, 0) is 66.1 Å². The molecule has 3 unspecified atom stereocenters. The smallest absolute Gasteiger partial charge is 0.107 e. The molecule has 0 saturated heterocycles. The zero-order chi connectivity index (χ0) is 11.3. The van der Waals surface area contributed by atoms with E-state index >= 15 is 0 Å². The first-order valence-corrected chi connectivity index (χ1v) is 7.79. The maximum Gasteiger partial charge on any atom is 0.107 e. The number of fused-ring (bicyclic) bond motifs is 1. The fraction of sp³-hybridized carbons (Fsp3) is 0.667. The van der Waals surface area contributed by atoms with Gasteiger partial charge in [-0.2, -0.15) is 0 Å². The van der Waals surface area contributed by atoms with Crippen molar-refractivity contribution >= 4 is 38.9 Å². The molecule has 2 saturated carbocycles. The third-order valence-electron chi connectivity index (χ3n) is 4.03. The zero-order valence-electron chi connectivity index (χ0n) is 9.17. The highest BCUT2D eigenvalue weighted by Crippen LogP contribution is 2.57. The summed E-state index contributed by atoms with van der Waals surface area (Å²) in [6, 6.07) is 2.68. The fourth-order valence-electron chi connectivity index (χ4n) is 3.16. The molecule has 0 amide bonds. The van der Waals surface area contributed by atoms with Crippen LogP contribution in [0.4, 0.5) is 0 Å². The first kappa shape index (κ1) is 11.5. The Morgan fingerprint density at radius 2 is 2.12 bits per heavy atom. The van der Waals surface area contributed by atoms with E-state index < -0.39 is 0 Å². The number of thiophene rings is 1. The Morgan fingerprint density at radius 3 is 2.62 bits per heavy atom. The van der Waals surface area contributed by atoms with Gasteiger partial charge >= 0.3 is 0 Å². The van der Waals surface area contributed by atoms with Crippen LogP contribution in [-0.2, 0) is 0 Å². The molecule has 1 aromatic rings. The van der Waals surface area contributed by atoms with Gasteiger partial charge in [0, 0.05) is 15.4 Å². The molecule has 1 aromatic heterocycles. The Kier molecular flexibility index (Phi) is 3.07. The summed E-state index contributed by atoms with van der Waals surface area (Å²) in [5.41, 5.74) is 0. The second-order valence-electron chi connectivity index (χ2n) is 5.02. The molecular weight excluding hydrogens is 306 g/mol. The van der Waals surface area contributed by atoms with Crippen LogP contribution in [0.5, 0.6) is 0 Å². The summed E-state index contributed by atoms with van der Waals surface area (Å²) in [7, 11) is 2.07. The van der Waals surface area contributed by atoms with Crippen LogP contribution >= 0.6 is 38.9 Å². The molecule has 1 N–H and O–H groups in total. The molecule has 1 nitrogen and oxygen atoms in total. The standard InChI is InChI=1S/C12H15BrClNS/c1-15-11(8-3-6-2-7(6)4-8)10-5-9(13)12(14)16-10/h5-8,11,15H,2-4H2,1H3. The molecule has 2 fully saturated rings. The second kappa shape index (κ2) is 4.27. The third-order valence-corrected chi connectivity index (χ3v) is 6.59. The lowest BCUT2D eigenvalue weighted by atomic mass is 9.93. The molecule has 0 spiro atoms. The Balaban J connectivity index is 1.79. The molecule has 2 aliphatic rings. The molecular formula is C12H15BrClNS. The van der Waals surface area contributed by atoms with Crippen LogP contribution in [0.2, 0.25) is 4.34 Å². The molecule has 88 valence electrons. The van der Waals surface area contributed by atoms with Gasteiger partial charge in [0.25, 0.3) is 0 Å². The van der Waals surface area contributed by atoms with Crippen molar-refractivity contribution in [3.05, 3.63) is 19.8 Å². The van der Waals surface area contributed by atoms with E-state index in [0.717, 1.165) is 26.6 Å². The molecule has 0 radical (unpaired) electrons. The van der Waals surface area contributed by atoms with Crippen molar-refractivity contribution in [3.8, 4) is 0 Å². The highest BCUT2D eigenvalue weighted by atomic mass is 79.9. The first-order chi connectivity index (χ1) is 7.69. The Bertz CT molecular complexity index is 376. The van der Waals surface area contributed by atoms with Gasteiger partial charge in [-0.1, -0.05) is 11.6 Å². The summed E-state index contributed by atoms with van der Waals surface area (Å²) in [4.78, 5) is 1.38. The molecule has 4 heteroatoms. The van der Waals surface area contributed by atoms with Crippen molar-refractivity contribution in [3.63, 3.8) is 0 Å². The average molecular weight is 321 g/mol. The van der Waals surface area contributed by atoms with Gasteiger partial charge < -0.3 is 5.32 Å². The van der Waals surface area contributed by atoms with Crippen LogP contribution in [0.15, 0.2) is 10.5 Å². The maximum atomic E-state index is 6.12. The van der Waals surface area contributed by atoms with Crippen molar-refractivity contribution in [2.24, 2.45) is 17.8 Å². The van der Waals surface area contributed by atoms with Crippen molar-refractivity contribution in [2.45, 2.75) is 25.3 Å². The fourth-order valence-corrected chi connectivity index (χ4v) is 5.10. The van der Waals surface area contributed by atoms with Crippen molar-refractivity contribution in [1.82, 2.24) is 5.32 Å². The van der Waals surface area contributed by atoms with E-state index in [9.17, 15) is 0 Å². The largest absolute Gasteiger partial charge is 0.312 e. The topological polar surface area (TPSA) is 12.0 Å². The van der Waals surface area contributed by atoms with Gasteiger partial charge in [-0.3, -0.25) is 0 Å².